The molecule has 1 atom stereocenters. The number of aromatic nitrogens is 2. The van der Waals surface area contributed by atoms with Crippen LogP contribution in [0.2, 0.25) is 0 Å². The molecule has 0 radical (unpaired) electrons. The summed E-state index contributed by atoms with van der Waals surface area (Å²) in [5.41, 5.74) is 1.20. The summed E-state index contributed by atoms with van der Waals surface area (Å²) >= 11 is 6.01. The predicted octanol–water partition coefficient (Wildman–Crippen LogP) is 4.30. The van der Waals surface area contributed by atoms with Crippen molar-refractivity contribution in [3.05, 3.63) is 24.0 Å². The molecule has 0 aliphatic carbocycles. The number of benzene rings is 1. The van der Waals surface area contributed by atoms with Crippen LogP contribution in [0.15, 0.2) is 18.2 Å². The highest BCUT2D eigenvalue weighted by Crippen LogP contribution is 2.29. The van der Waals surface area contributed by atoms with Crippen molar-refractivity contribution in [2.45, 2.75) is 31.4 Å². The molecule has 0 saturated carbocycles. The van der Waals surface area contributed by atoms with E-state index in [0.29, 0.717) is 22.6 Å². The smallest absolute Gasteiger partial charge is 0.390 e. The van der Waals surface area contributed by atoms with Gasteiger partial charge in [0.25, 0.3) is 0 Å². The average molecular weight is 307 g/mol. The number of hydrogen-bond acceptors (Lipinski definition) is 2. The van der Waals surface area contributed by atoms with E-state index in [1.165, 1.54) is 11.7 Å². The highest BCUT2D eigenvalue weighted by atomic mass is 35.5. The fraction of sp³-hybridized carbons (Fsp3) is 0.462. The molecular weight excluding hydrogens is 293 g/mol. The number of aryl methyl sites for hydroxylation is 1. The van der Waals surface area contributed by atoms with E-state index in [9.17, 15) is 13.2 Å². The van der Waals surface area contributed by atoms with Gasteiger partial charge >= 0.3 is 6.18 Å². The summed E-state index contributed by atoms with van der Waals surface area (Å²) in [7, 11) is 1.52. The Morgan fingerprint density at radius 3 is 2.65 bits per heavy atom. The van der Waals surface area contributed by atoms with Gasteiger partial charge in [-0.1, -0.05) is 0 Å². The maximum Gasteiger partial charge on any atom is 0.390 e. The Labute approximate surface area is 119 Å². The van der Waals surface area contributed by atoms with Crippen LogP contribution in [0.1, 0.15) is 24.5 Å². The van der Waals surface area contributed by atoms with E-state index in [4.69, 9.17) is 16.3 Å². The molecule has 1 unspecified atom stereocenters. The summed E-state index contributed by atoms with van der Waals surface area (Å²) in [4.78, 5) is 4.31. The van der Waals surface area contributed by atoms with Gasteiger partial charge in [0, 0.05) is 12.6 Å². The second kappa shape index (κ2) is 5.52. The molecule has 1 aromatic carbocycles. The normalized spacial score (nSPS) is 13.7. The fourth-order valence-corrected chi connectivity index (χ4v) is 2.20. The summed E-state index contributed by atoms with van der Waals surface area (Å²) in [5, 5.41) is -0.471. The van der Waals surface area contributed by atoms with Crippen LogP contribution in [0.5, 0.6) is 5.75 Å². The average Bonchev–Trinajstić information content (AvgIpc) is 2.73. The van der Waals surface area contributed by atoms with Gasteiger partial charge in [-0.2, -0.15) is 13.2 Å². The van der Waals surface area contributed by atoms with Gasteiger partial charge in [-0.3, -0.25) is 0 Å². The predicted molar refractivity (Wildman–Crippen MR) is 71.2 cm³/mol. The molecule has 0 fully saturated rings. The highest BCUT2D eigenvalue weighted by molar-refractivity contribution is 6.20. The molecule has 1 aromatic heterocycles. The number of ether oxygens (including phenoxy) is 1. The van der Waals surface area contributed by atoms with E-state index >= 15 is 0 Å². The van der Waals surface area contributed by atoms with E-state index in [2.05, 4.69) is 4.98 Å². The maximum absolute atomic E-state index is 12.4. The second-order valence-corrected chi connectivity index (χ2v) is 5.11. The van der Waals surface area contributed by atoms with Crippen molar-refractivity contribution in [3.63, 3.8) is 0 Å². The zero-order chi connectivity index (χ0) is 14.9. The number of halogens is 4. The van der Waals surface area contributed by atoms with Crippen LogP contribution in [0.25, 0.3) is 11.0 Å². The lowest BCUT2D eigenvalue weighted by Gasteiger charge is -2.12. The molecule has 2 rings (SSSR count). The molecule has 3 nitrogen and oxygen atoms in total. The summed E-state index contributed by atoms with van der Waals surface area (Å²) in [5.74, 6) is 1.03. The number of hydrogen-bond donors (Lipinski definition) is 0. The largest absolute Gasteiger partial charge is 0.497 e. The minimum atomic E-state index is -4.21. The number of fused-ring (bicyclic) bond motifs is 1. The summed E-state index contributed by atoms with van der Waals surface area (Å²) < 4.78 is 43.8. The lowest BCUT2D eigenvalue weighted by molar-refractivity contribution is -0.136. The summed E-state index contributed by atoms with van der Waals surface area (Å²) in [6, 6.07) is 5.07. The number of imidazole rings is 1. The minimum absolute atomic E-state index is 0.196. The van der Waals surface area contributed by atoms with Crippen molar-refractivity contribution >= 4 is 22.6 Å². The van der Waals surface area contributed by atoms with Crippen molar-refractivity contribution in [2.24, 2.45) is 0 Å². The molecule has 20 heavy (non-hydrogen) atoms. The van der Waals surface area contributed by atoms with Gasteiger partial charge in [0.1, 0.15) is 11.6 Å². The SMILES string of the molecule is COc1ccc2c(c1)nc(C(C)Cl)n2CCC(F)(F)F. The first kappa shape index (κ1) is 15.0. The van der Waals surface area contributed by atoms with Crippen LogP contribution in [-0.2, 0) is 6.54 Å². The van der Waals surface area contributed by atoms with Crippen LogP contribution < -0.4 is 4.74 Å². The van der Waals surface area contributed by atoms with Crippen molar-refractivity contribution in [1.82, 2.24) is 9.55 Å². The second-order valence-electron chi connectivity index (χ2n) is 4.46. The molecule has 110 valence electrons. The van der Waals surface area contributed by atoms with Gasteiger partial charge < -0.3 is 9.30 Å². The van der Waals surface area contributed by atoms with E-state index in [0.717, 1.165) is 0 Å². The van der Waals surface area contributed by atoms with Crippen molar-refractivity contribution in [3.8, 4) is 5.75 Å². The third-order valence-corrected chi connectivity index (χ3v) is 3.15. The third-order valence-electron chi connectivity index (χ3n) is 2.96. The van der Waals surface area contributed by atoms with E-state index in [1.807, 2.05) is 0 Å². The number of rotatable bonds is 4. The Morgan fingerprint density at radius 1 is 1.40 bits per heavy atom. The molecule has 0 amide bonds. The third kappa shape index (κ3) is 3.17. The quantitative estimate of drug-likeness (QED) is 0.788. The van der Waals surface area contributed by atoms with Gasteiger partial charge in [-0.15, -0.1) is 11.6 Å². The van der Waals surface area contributed by atoms with Crippen LogP contribution in [0.3, 0.4) is 0 Å². The highest BCUT2D eigenvalue weighted by Gasteiger charge is 2.28. The number of methoxy groups -OCH3 is 1. The monoisotopic (exact) mass is 306 g/mol. The molecule has 0 spiro atoms. The van der Waals surface area contributed by atoms with Gasteiger partial charge in [0.2, 0.25) is 0 Å². The van der Waals surface area contributed by atoms with Gasteiger partial charge in [-0.25, -0.2) is 4.98 Å². The first-order valence-corrected chi connectivity index (χ1v) is 6.50. The Balaban J connectivity index is 2.46. The van der Waals surface area contributed by atoms with E-state index in [1.54, 1.807) is 25.1 Å². The molecular formula is C13H14ClF3N2O. The number of alkyl halides is 4. The van der Waals surface area contributed by atoms with Gasteiger partial charge in [0.15, 0.2) is 0 Å². The zero-order valence-corrected chi connectivity index (χ0v) is 11.8. The van der Waals surface area contributed by atoms with Crippen molar-refractivity contribution in [1.29, 1.82) is 0 Å². The maximum atomic E-state index is 12.4. The van der Waals surface area contributed by atoms with Crippen LogP contribution in [0.4, 0.5) is 13.2 Å². The molecule has 0 N–H and O–H groups in total. The minimum Gasteiger partial charge on any atom is -0.497 e. The molecule has 2 aromatic rings. The molecule has 0 saturated heterocycles. The first-order chi connectivity index (χ1) is 9.31. The molecule has 0 aliphatic heterocycles. The lowest BCUT2D eigenvalue weighted by atomic mass is 10.3. The Morgan fingerprint density at radius 2 is 2.10 bits per heavy atom. The van der Waals surface area contributed by atoms with Crippen LogP contribution in [0, 0.1) is 0 Å². The zero-order valence-electron chi connectivity index (χ0n) is 11.0. The van der Waals surface area contributed by atoms with E-state index in [-0.39, 0.29) is 6.54 Å². The first-order valence-electron chi connectivity index (χ1n) is 6.07. The Kier molecular flexibility index (Phi) is 4.13. The number of nitrogens with zero attached hydrogens (tertiary/aromatic N) is 2. The molecule has 0 bridgehead atoms. The van der Waals surface area contributed by atoms with Crippen LogP contribution >= 0.6 is 11.6 Å². The van der Waals surface area contributed by atoms with Gasteiger partial charge in [-0.05, 0) is 19.1 Å². The van der Waals surface area contributed by atoms with E-state index < -0.39 is 18.0 Å². The summed E-state index contributed by atoms with van der Waals surface area (Å²) in [6.45, 7) is 1.49. The molecule has 7 heteroatoms. The fourth-order valence-electron chi connectivity index (χ4n) is 2.03. The summed E-state index contributed by atoms with van der Waals surface area (Å²) in [6.07, 6.45) is -5.13. The van der Waals surface area contributed by atoms with Gasteiger partial charge in [0.05, 0.1) is 29.9 Å². The van der Waals surface area contributed by atoms with Crippen LogP contribution in [-0.4, -0.2) is 22.8 Å². The Hall–Kier alpha value is -1.43. The Bertz CT molecular complexity index is 607. The topological polar surface area (TPSA) is 27.1 Å². The molecule has 1 heterocycles. The molecule has 0 aliphatic rings. The van der Waals surface area contributed by atoms with Crippen molar-refractivity contribution < 1.29 is 17.9 Å². The van der Waals surface area contributed by atoms with Crippen molar-refractivity contribution in [2.75, 3.05) is 7.11 Å². The lowest BCUT2D eigenvalue weighted by Crippen LogP contribution is -2.14. The standard InChI is InChI=1S/C13H14ClF3N2O/c1-8(14)12-18-10-7-9(20-2)3-4-11(10)19(12)6-5-13(15,16)17/h3-4,7-8H,5-6H2,1-2H3.